The van der Waals surface area contributed by atoms with Crippen molar-refractivity contribution < 1.29 is 9.47 Å². The van der Waals surface area contributed by atoms with Crippen molar-refractivity contribution in [1.29, 1.82) is 0 Å². The molecule has 1 spiro atoms. The minimum atomic E-state index is 0.436. The molecule has 1 aromatic carbocycles. The van der Waals surface area contributed by atoms with Gasteiger partial charge in [-0.2, -0.15) is 0 Å². The van der Waals surface area contributed by atoms with Gasteiger partial charge in [-0.15, -0.1) is 0 Å². The molecule has 0 saturated carbocycles. The average Bonchev–Trinajstić information content (AvgIpc) is 3.18. The van der Waals surface area contributed by atoms with Crippen LogP contribution in [-0.2, 0) is 16.1 Å². The number of ether oxygens (including phenoxy) is 2. The third-order valence-corrected chi connectivity index (χ3v) is 5.83. The molecule has 2 fully saturated rings. The van der Waals surface area contributed by atoms with Crippen molar-refractivity contribution in [2.24, 2.45) is 11.3 Å². The lowest BCUT2D eigenvalue weighted by Gasteiger charge is -2.30. The van der Waals surface area contributed by atoms with Crippen LogP contribution in [0.5, 0.6) is 0 Å². The Morgan fingerprint density at radius 3 is 2.71 bits per heavy atom. The lowest BCUT2D eigenvalue weighted by molar-refractivity contribution is 0.0804. The first-order chi connectivity index (χ1) is 11.8. The summed E-state index contributed by atoms with van der Waals surface area (Å²) >= 11 is 0. The molecule has 0 amide bonds. The summed E-state index contributed by atoms with van der Waals surface area (Å²) < 4.78 is 11.4. The lowest BCUT2D eigenvalue weighted by atomic mass is 9.78. The number of hydrogen-bond acceptors (Lipinski definition) is 4. The van der Waals surface area contributed by atoms with Crippen molar-refractivity contribution >= 4 is 0 Å². The van der Waals surface area contributed by atoms with Crippen LogP contribution in [0.4, 0.5) is 0 Å². The van der Waals surface area contributed by atoms with Crippen molar-refractivity contribution in [1.82, 2.24) is 9.80 Å². The molecule has 2 aliphatic rings. The molecule has 4 heteroatoms. The van der Waals surface area contributed by atoms with Gasteiger partial charge in [0, 0.05) is 44.6 Å². The number of benzene rings is 1. The second-order valence-electron chi connectivity index (χ2n) is 7.41. The topological polar surface area (TPSA) is 24.9 Å². The number of rotatable bonds is 8. The highest BCUT2D eigenvalue weighted by atomic mass is 16.5. The van der Waals surface area contributed by atoms with Gasteiger partial charge in [-0.25, -0.2) is 0 Å². The Bertz CT molecular complexity index is 496. The van der Waals surface area contributed by atoms with E-state index in [1.165, 1.54) is 38.2 Å². The van der Waals surface area contributed by atoms with E-state index in [9.17, 15) is 0 Å². The summed E-state index contributed by atoms with van der Waals surface area (Å²) in [7, 11) is 1.84. The molecule has 2 atom stereocenters. The van der Waals surface area contributed by atoms with Gasteiger partial charge in [-0.1, -0.05) is 37.3 Å². The molecule has 0 aliphatic carbocycles. The number of likely N-dealkylation sites (tertiary alicyclic amines) is 2. The Balaban J connectivity index is 1.44. The summed E-state index contributed by atoms with van der Waals surface area (Å²) in [4.78, 5) is 5.19. The summed E-state index contributed by atoms with van der Waals surface area (Å²) in [5.74, 6) is 0.678. The standard InChI is InChI=1S/C20H32N2O2/c1-3-21-13-19(15-23-2)20(16-21)9-10-22(17-20)11-12-24-14-18-7-5-4-6-8-18/h4-8,19H,3,9-17H2,1-2H3/t19-,20-/m1/s1. The monoisotopic (exact) mass is 332 g/mol. The molecular weight excluding hydrogens is 300 g/mol. The molecule has 24 heavy (non-hydrogen) atoms. The third-order valence-electron chi connectivity index (χ3n) is 5.83. The van der Waals surface area contributed by atoms with Crippen LogP contribution in [0.25, 0.3) is 0 Å². The molecule has 134 valence electrons. The van der Waals surface area contributed by atoms with E-state index in [0.29, 0.717) is 11.3 Å². The van der Waals surface area contributed by atoms with Gasteiger partial charge in [-0.05, 0) is 25.1 Å². The molecule has 2 aliphatic heterocycles. The molecule has 3 rings (SSSR count). The molecule has 2 heterocycles. The summed E-state index contributed by atoms with van der Waals surface area (Å²) in [5, 5.41) is 0. The van der Waals surface area contributed by atoms with Gasteiger partial charge in [-0.3, -0.25) is 0 Å². The molecule has 0 aromatic heterocycles. The van der Waals surface area contributed by atoms with Crippen LogP contribution in [0, 0.1) is 11.3 Å². The van der Waals surface area contributed by atoms with E-state index in [2.05, 4.69) is 41.0 Å². The van der Waals surface area contributed by atoms with Crippen molar-refractivity contribution in [3.05, 3.63) is 35.9 Å². The zero-order valence-corrected chi connectivity index (χ0v) is 15.2. The molecule has 1 aromatic rings. The van der Waals surface area contributed by atoms with Gasteiger partial charge in [0.05, 0.1) is 19.8 Å². The van der Waals surface area contributed by atoms with Crippen LogP contribution in [0.3, 0.4) is 0 Å². The van der Waals surface area contributed by atoms with Gasteiger partial charge in [0.2, 0.25) is 0 Å². The Labute approximate surface area is 146 Å². The van der Waals surface area contributed by atoms with Crippen LogP contribution < -0.4 is 0 Å². The smallest absolute Gasteiger partial charge is 0.0717 e. The van der Waals surface area contributed by atoms with E-state index in [1.807, 2.05) is 13.2 Å². The Hall–Kier alpha value is -0.940. The lowest BCUT2D eigenvalue weighted by Crippen LogP contribution is -2.37. The Morgan fingerprint density at radius 1 is 1.17 bits per heavy atom. The number of nitrogens with zero attached hydrogens (tertiary/aromatic N) is 2. The van der Waals surface area contributed by atoms with Crippen LogP contribution >= 0.6 is 0 Å². The fourth-order valence-electron chi connectivity index (χ4n) is 4.41. The van der Waals surface area contributed by atoms with Crippen LogP contribution in [0.15, 0.2) is 30.3 Å². The van der Waals surface area contributed by atoms with Crippen molar-refractivity contribution in [3.8, 4) is 0 Å². The van der Waals surface area contributed by atoms with Crippen molar-refractivity contribution in [3.63, 3.8) is 0 Å². The normalized spacial score (nSPS) is 28.2. The second-order valence-corrected chi connectivity index (χ2v) is 7.41. The maximum Gasteiger partial charge on any atom is 0.0717 e. The van der Waals surface area contributed by atoms with Crippen LogP contribution in [-0.4, -0.2) is 69.4 Å². The highest BCUT2D eigenvalue weighted by molar-refractivity contribution is 5.13. The predicted molar refractivity (Wildman–Crippen MR) is 97.1 cm³/mol. The average molecular weight is 332 g/mol. The highest BCUT2D eigenvalue weighted by Gasteiger charge is 2.49. The minimum Gasteiger partial charge on any atom is -0.384 e. The molecule has 4 nitrogen and oxygen atoms in total. The van der Waals surface area contributed by atoms with Crippen molar-refractivity contribution in [2.75, 3.05) is 59.6 Å². The zero-order chi connectivity index (χ0) is 16.8. The van der Waals surface area contributed by atoms with Gasteiger partial charge >= 0.3 is 0 Å². The molecule has 2 saturated heterocycles. The zero-order valence-electron chi connectivity index (χ0n) is 15.2. The van der Waals surface area contributed by atoms with E-state index in [4.69, 9.17) is 9.47 Å². The molecular formula is C20H32N2O2. The predicted octanol–water partition coefficient (Wildman–Crippen LogP) is 2.49. The Morgan fingerprint density at radius 2 is 1.96 bits per heavy atom. The molecule has 0 unspecified atom stereocenters. The van der Waals surface area contributed by atoms with Crippen LogP contribution in [0.1, 0.15) is 18.9 Å². The van der Waals surface area contributed by atoms with E-state index in [-0.39, 0.29) is 0 Å². The summed E-state index contributed by atoms with van der Waals surface area (Å²) in [6.45, 7) is 11.7. The van der Waals surface area contributed by atoms with E-state index >= 15 is 0 Å². The quantitative estimate of drug-likeness (QED) is 0.683. The maximum absolute atomic E-state index is 5.87. The van der Waals surface area contributed by atoms with E-state index in [0.717, 1.165) is 32.9 Å². The molecule has 0 bridgehead atoms. The molecule has 0 radical (unpaired) electrons. The summed E-state index contributed by atoms with van der Waals surface area (Å²) in [6.07, 6.45) is 1.30. The van der Waals surface area contributed by atoms with Gasteiger partial charge < -0.3 is 19.3 Å². The Kier molecular flexibility index (Phi) is 6.28. The van der Waals surface area contributed by atoms with Gasteiger partial charge in [0.25, 0.3) is 0 Å². The van der Waals surface area contributed by atoms with E-state index < -0.39 is 0 Å². The fourth-order valence-corrected chi connectivity index (χ4v) is 4.41. The largest absolute Gasteiger partial charge is 0.384 e. The minimum absolute atomic E-state index is 0.436. The van der Waals surface area contributed by atoms with Gasteiger partial charge in [0.1, 0.15) is 0 Å². The fraction of sp³-hybridized carbons (Fsp3) is 0.700. The second kappa shape index (κ2) is 8.43. The third kappa shape index (κ3) is 4.17. The van der Waals surface area contributed by atoms with E-state index in [1.54, 1.807) is 0 Å². The number of hydrogen-bond donors (Lipinski definition) is 0. The van der Waals surface area contributed by atoms with Gasteiger partial charge in [0.15, 0.2) is 0 Å². The van der Waals surface area contributed by atoms with Crippen LogP contribution in [0.2, 0.25) is 0 Å². The number of methoxy groups -OCH3 is 1. The first-order valence-corrected chi connectivity index (χ1v) is 9.31. The molecule has 0 N–H and O–H groups in total. The SMILES string of the molecule is CCN1C[C@H](COC)[C@]2(CCN(CCOCc3ccccc3)C2)C1. The summed E-state index contributed by atoms with van der Waals surface area (Å²) in [6, 6.07) is 10.4. The first kappa shape index (κ1) is 17.9. The summed E-state index contributed by atoms with van der Waals surface area (Å²) in [5.41, 5.74) is 1.69. The highest BCUT2D eigenvalue weighted by Crippen LogP contribution is 2.43. The first-order valence-electron chi connectivity index (χ1n) is 9.31. The maximum atomic E-state index is 5.87. The van der Waals surface area contributed by atoms with Crippen molar-refractivity contribution in [2.45, 2.75) is 20.0 Å².